The summed E-state index contributed by atoms with van der Waals surface area (Å²) < 4.78 is 7.53. The summed E-state index contributed by atoms with van der Waals surface area (Å²) in [5, 5.41) is 9.53. The van der Waals surface area contributed by atoms with Crippen LogP contribution < -0.4 is 0 Å². The third-order valence-corrected chi connectivity index (χ3v) is 3.54. The van der Waals surface area contributed by atoms with Gasteiger partial charge in [-0.2, -0.15) is 0 Å². The molecule has 1 N–H and O–H groups in total. The van der Waals surface area contributed by atoms with E-state index in [1.54, 1.807) is 0 Å². The number of aryl methyl sites for hydroxylation is 2. The van der Waals surface area contributed by atoms with E-state index in [-0.39, 0.29) is 12.0 Å². The van der Waals surface area contributed by atoms with Gasteiger partial charge in [0.05, 0.1) is 13.2 Å². The van der Waals surface area contributed by atoms with Gasteiger partial charge in [-0.05, 0) is 19.3 Å². The van der Waals surface area contributed by atoms with E-state index in [1.165, 1.54) is 0 Å². The second-order valence-electron chi connectivity index (χ2n) is 4.77. The van der Waals surface area contributed by atoms with Gasteiger partial charge in [0.1, 0.15) is 5.82 Å². The van der Waals surface area contributed by atoms with E-state index >= 15 is 0 Å². The smallest absolute Gasteiger partial charge is 0.108 e. The lowest BCUT2D eigenvalue weighted by Crippen LogP contribution is -2.36. The average Bonchev–Trinajstić information content (AvgIpc) is 2.74. The molecule has 2 rings (SSSR count). The van der Waals surface area contributed by atoms with Crippen molar-refractivity contribution in [3.63, 3.8) is 0 Å². The van der Waals surface area contributed by atoms with Crippen LogP contribution in [0.3, 0.4) is 0 Å². The zero-order valence-corrected chi connectivity index (χ0v) is 9.85. The number of nitrogens with zero attached hydrogens (tertiary/aromatic N) is 2. The molecule has 2 heterocycles. The molecule has 0 saturated carbocycles. The van der Waals surface area contributed by atoms with E-state index < -0.39 is 0 Å². The number of aliphatic hydroxyl groups is 1. The normalized spacial score (nSPS) is 25.9. The van der Waals surface area contributed by atoms with E-state index in [0.717, 1.165) is 38.1 Å². The molecule has 1 unspecified atom stereocenters. The lowest BCUT2D eigenvalue weighted by atomic mass is 9.79. The minimum Gasteiger partial charge on any atom is -0.396 e. The fraction of sp³-hybridized carbons (Fsp3) is 0.750. The number of imidazole rings is 1. The van der Waals surface area contributed by atoms with E-state index in [0.29, 0.717) is 6.61 Å². The number of rotatable bonds is 4. The van der Waals surface area contributed by atoms with Crippen molar-refractivity contribution in [1.29, 1.82) is 0 Å². The first-order valence-electron chi connectivity index (χ1n) is 5.91. The molecule has 1 aliphatic heterocycles. The largest absolute Gasteiger partial charge is 0.396 e. The first kappa shape index (κ1) is 11.6. The van der Waals surface area contributed by atoms with Gasteiger partial charge in [0.2, 0.25) is 0 Å². The topological polar surface area (TPSA) is 47.3 Å². The highest BCUT2D eigenvalue weighted by Crippen LogP contribution is 2.32. The Morgan fingerprint density at radius 2 is 2.50 bits per heavy atom. The van der Waals surface area contributed by atoms with Gasteiger partial charge in [-0.25, -0.2) is 4.98 Å². The van der Waals surface area contributed by atoms with Crippen LogP contribution in [0.15, 0.2) is 12.4 Å². The van der Waals surface area contributed by atoms with Crippen LogP contribution in [0.25, 0.3) is 0 Å². The van der Waals surface area contributed by atoms with Crippen molar-refractivity contribution in [3.8, 4) is 0 Å². The third kappa shape index (κ3) is 2.44. The van der Waals surface area contributed by atoms with Crippen LogP contribution in [0.5, 0.6) is 0 Å². The second-order valence-corrected chi connectivity index (χ2v) is 4.77. The van der Waals surface area contributed by atoms with Crippen molar-refractivity contribution in [2.75, 3.05) is 19.8 Å². The van der Waals surface area contributed by atoms with Gasteiger partial charge in [-0.1, -0.05) is 0 Å². The Bertz CT molecular complexity index is 330. The Labute approximate surface area is 96.3 Å². The van der Waals surface area contributed by atoms with Crippen LogP contribution in [-0.4, -0.2) is 34.5 Å². The fourth-order valence-corrected chi connectivity index (χ4v) is 2.33. The van der Waals surface area contributed by atoms with Gasteiger partial charge >= 0.3 is 0 Å². The van der Waals surface area contributed by atoms with Crippen molar-refractivity contribution < 1.29 is 9.84 Å². The summed E-state index contributed by atoms with van der Waals surface area (Å²) in [7, 11) is 2.01. The molecule has 90 valence electrons. The van der Waals surface area contributed by atoms with Crippen LogP contribution in [-0.2, 0) is 18.2 Å². The lowest BCUT2D eigenvalue weighted by molar-refractivity contribution is -0.0428. The molecule has 0 radical (unpaired) electrons. The number of aromatic nitrogens is 2. The van der Waals surface area contributed by atoms with Gasteiger partial charge in [0.25, 0.3) is 0 Å². The molecule has 1 aromatic rings. The van der Waals surface area contributed by atoms with Crippen molar-refractivity contribution in [3.05, 3.63) is 18.2 Å². The first-order chi connectivity index (χ1) is 7.76. The van der Waals surface area contributed by atoms with Gasteiger partial charge < -0.3 is 14.4 Å². The van der Waals surface area contributed by atoms with Crippen molar-refractivity contribution in [1.82, 2.24) is 9.55 Å². The molecular formula is C12H20N2O2. The maximum Gasteiger partial charge on any atom is 0.108 e. The zero-order valence-electron chi connectivity index (χ0n) is 9.85. The van der Waals surface area contributed by atoms with E-state index in [4.69, 9.17) is 4.74 Å². The summed E-state index contributed by atoms with van der Waals surface area (Å²) in [6.07, 6.45) is 7.76. The summed E-state index contributed by atoms with van der Waals surface area (Å²) in [5.41, 5.74) is -0.0375. The highest BCUT2D eigenvalue weighted by atomic mass is 16.5. The molecule has 0 bridgehead atoms. The van der Waals surface area contributed by atoms with Crippen LogP contribution in [0.1, 0.15) is 25.1 Å². The van der Waals surface area contributed by atoms with Crippen LogP contribution >= 0.6 is 0 Å². The number of aliphatic hydroxyl groups excluding tert-OH is 1. The minimum atomic E-state index is -0.0375. The molecule has 1 fully saturated rings. The zero-order chi connectivity index (χ0) is 11.4. The number of ether oxygens (including phenoxy) is 1. The highest BCUT2D eigenvalue weighted by molar-refractivity contribution is 4.94. The van der Waals surface area contributed by atoms with E-state index in [2.05, 4.69) is 4.98 Å². The molecular weight excluding hydrogens is 204 g/mol. The molecule has 1 saturated heterocycles. The Kier molecular flexibility index (Phi) is 3.61. The quantitative estimate of drug-likeness (QED) is 0.834. The van der Waals surface area contributed by atoms with Gasteiger partial charge in [0.15, 0.2) is 0 Å². The van der Waals surface area contributed by atoms with Crippen LogP contribution in [0, 0.1) is 5.41 Å². The molecule has 4 nitrogen and oxygen atoms in total. The SMILES string of the molecule is Cn1ccnc1CCC1(CO)CCCOC1. The number of hydrogen-bond donors (Lipinski definition) is 1. The van der Waals surface area contributed by atoms with Gasteiger partial charge in [-0.3, -0.25) is 0 Å². The second kappa shape index (κ2) is 4.97. The Morgan fingerprint density at radius 3 is 3.06 bits per heavy atom. The third-order valence-electron chi connectivity index (χ3n) is 3.54. The predicted octanol–water partition coefficient (Wildman–Crippen LogP) is 1.14. The summed E-state index contributed by atoms with van der Waals surface area (Å²) >= 11 is 0. The van der Waals surface area contributed by atoms with Crippen LogP contribution in [0.2, 0.25) is 0 Å². The van der Waals surface area contributed by atoms with Crippen molar-refractivity contribution >= 4 is 0 Å². The predicted molar refractivity (Wildman–Crippen MR) is 61.1 cm³/mol. The Morgan fingerprint density at radius 1 is 1.62 bits per heavy atom. The molecule has 16 heavy (non-hydrogen) atoms. The van der Waals surface area contributed by atoms with Crippen LogP contribution in [0.4, 0.5) is 0 Å². The average molecular weight is 224 g/mol. The van der Waals surface area contributed by atoms with Crippen molar-refractivity contribution in [2.24, 2.45) is 12.5 Å². The highest BCUT2D eigenvalue weighted by Gasteiger charge is 2.32. The molecule has 0 spiro atoms. The van der Waals surface area contributed by atoms with Gasteiger partial charge in [0, 0.05) is 37.9 Å². The van der Waals surface area contributed by atoms with Crippen molar-refractivity contribution in [2.45, 2.75) is 25.7 Å². The molecule has 4 heteroatoms. The summed E-state index contributed by atoms with van der Waals surface area (Å²) in [6.45, 7) is 1.75. The molecule has 0 aliphatic carbocycles. The first-order valence-corrected chi connectivity index (χ1v) is 5.91. The molecule has 1 aliphatic rings. The summed E-state index contributed by atoms with van der Waals surface area (Å²) in [6, 6.07) is 0. The minimum absolute atomic E-state index is 0.0375. The standard InChI is InChI=1S/C12H20N2O2/c1-14-7-6-13-11(14)3-5-12(9-15)4-2-8-16-10-12/h6-7,15H,2-5,8-10H2,1H3. The summed E-state index contributed by atoms with van der Waals surface area (Å²) in [5.74, 6) is 1.08. The lowest BCUT2D eigenvalue weighted by Gasteiger charge is -2.35. The molecule has 1 atom stereocenters. The molecule has 0 aromatic carbocycles. The van der Waals surface area contributed by atoms with E-state index in [9.17, 15) is 5.11 Å². The molecule has 0 amide bonds. The summed E-state index contributed by atoms with van der Waals surface area (Å²) in [4.78, 5) is 4.31. The number of hydrogen-bond acceptors (Lipinski definition) is 3. The monoisotopic (exact) mass is 224 g/mol. The maximum atomic E-state index is 9.53. The van der Waals surface area contributed by atoms with Gasteiger partial charge in [-0.15, -0.1) is 0 Å². The Balaban J connectivity index is 1.94. The maximum absolute atomic E-state index is 9.53. The Hall–Kier alpha value is -0.870. The molecule has 1 aromatic heterocycles. The van der Waals surface area contributed by atoms with E-state index in [1.807, 2.05) is 24.0 Å². The fourth-order valence-electron chi connectivity index (χ4n) is 2.33.